The van der Waals surface area contributed by atoms with E-state index in [1.165, 1.54) is 4.90 Å². The topological polar surface area (TPSA) is 37.4 Å². The summed E-state index contributed by atoms with van der Waals surface area (Å²) in [6, 6.07) is 18.1. The van der Waals surface area contributed by atoms with Gasteiger partial charge in [0.25, 0.3) is 0 Å². The molecule has 4 aliphatic rings. The third-order valence-electron chi connectivity index (χ3n) is 6.23. The van der Waals surface area contributed by atoms with E-state index in [1.54, 1.807) is 0 Å². The van der Waals surface area contributed by atoms with Crippen LogP contribution in [-0.2, 0) is 16.1 Å². The molecule has 1 heterocycles. The van der Waals surface area contributed by atoms with Gasteiger partial charge in [0.2, 0.25) is 11.8 Å². The number of imide groups is 1. The van der Waals surface area contributed by atoms with Crippen LogP contribution in [0.15, 0.2) is 78.9 Å². The van der Waals surface area contributed by atoms with Gasteiger partial charge in [-0.3, -0.25) is 14.5 Å². The van der Waals surface area contributed by atoms with Crippen molar-refractivity contribution in [1.29, 1.82) is 0 Å². The molecule has 134 valence electrons. The molecule has 0 saturated carbocycles. The molecule has 0 unspecified atom stereocenters. The zero-order valence-corrected chi connectivity index (χ0v) is 15.2. The van der Waals surface area contributed by atoms with E-state index in [0.717, 1.165) is 16.7 Å². The van der Waals surface area contributed by atoms with Crippen molar-refractivity contribution in [2.75, 3.05) is 0 Å². The first-order valence-electron chi connectivity index (χ1n) is 9.45. The van der Waals surface area contributed by atoms with Crippen LogP contribution in [0.4, 0.5) is 0 Å². The monoisotopic (exact) mass is 355 g/mol. The molecular weight excluding hydrogens is 334 g/mol. The Bertz CT molecular complexity index is 974. The van der Waals surface area contributed by atoms with Gasteiger partial charge in [-0.25, -0.2) is 0 Å². The molecule has 0 radical (unpaired) electrons. The number of amides is 2. The van der Waals surface area contributed by atoms with E-state index >= 15 is 0 Å². The van der Waals surface area contributed by atoms with Gasteiger partial charge >= 0.3 is 0 Å². The van der Waals surface area contributed by atoms with Crippen LogP contribution >= 0.6 is 0 Å². The number of aryl methyl sites for hydroxylation is 1. The van der Waals surface area contributed by atoms with Crippen molar-refractivity contribution in [3.05, 3.63) is 95.6 Å². The van der Waals surface area contributed by atoms with Crippen molar-refractivity contribution in [2.45, 2.75) is 19.4 Å². The zero-order valence-electron chi connectivity index (χ0n) is 15.2. The Morgan fingerprint density at radius 2 is 1.70 bits per heavy atom. The summed E-state index contributed by atoms with van der Waals surface area (Å²) in [5.74, 6) is -0.313. The number of hydrogen-bond donors (Lipinski definition) is 0. The first kappa shape index (κ1) is 16.2. The number of nitrogens with zero attached hydrogens (tertiary/aromatic N) is 1. The zero-order chi connectivity index (χ0) is 18.6. The Kier molecular flexibility index (Phi) is 3.48. The average molecular weight is 355 g/mol. The predicted molar refractivity (Wildman–Crippen MR) is 104 cm³/mol. The predicted octanol–water partition coefficient (Wildman–Crippen LogP) is 4.01. The van der Waals surface area contributed by atoms with E-state index in [2.05, 4.69) is 24.3 Å². The number of hydrogen-bond acceptors (Lipinski definition) is 2. The molecule has 3 nitrogen and oxygen atoms in total. The van der Waals surface area contributed by atoms with Crippen LogP contribution in [0, 0.1) is 24.2 Å². The smallest absolute Gasteiger partial charge is 0.244 e. The van der Waals surface area contributed by atoms with Crippen LogP contribution in [-0.4, -0.2) is 16.7 Å². The normalized spacial score (nSPS) is 30.9. The van der Waals surface area contributed by atoms with Crippen molar-refractivity contribution < 1.29 is 9.59 Å². The van der Waals surface area contributed by atoms with E-state index in [9.17, 15) is 9.59 Å². The van der Waals surface area contributed by atoms with Gasteiger partial charge in [-0.15, -0.1) is 0 Å². The fraction of sp³-hybridized carbons (Fsp3) is 0.250. The van der Waals surface area contributed by atoms with E-state index in [0.29, 0.717) is 6.54 Å². The third-order valence-corrected chi connectivity index (χ3v) is 6.23. The highest BCUT2D eigenvalue weighted by Crippen LogP contribution is 2.57. The van der Waals surface area contributed by atoms with Gasteiger partial charge in [0.05, 0.1) is 17.9 Å². The third kappa shape index (κ3) is 2.27. The van der Waals surface area contributed by atoms with Crippen LogP contribution in [0.5, 0.6) is 0 Å². The van der Waals surface area contributed by atoms with Crippen molar-refractivity contribution in [3.63, 3.8) is 0 Å². The Balaban J connectivity index is 1.57. The second-order valence-corrected chi connectivity index (χ2v) is 7.86. The SMILES string of the molecule is Cc1cccc(CN2C(=O)[C@H]3[C@H](c4ccccc4)C4C=CC3(C=C4)C2=O)c1. The molecule has 1 saturated heterocycles. The van der Waals surface area contributed by atoms with E-state index in [-0.39, 0.29) is 29.6 Å². The number of rotatable bonds is 3. The Morgan fingerprint density at radius 1 is 0.963 bits per heavy atom. The Hall–Kier alpha value is -2.94. The Morgan fingerprint density at radius 3 is 2.41 bits per heavy atom. The highest BCUT2D eigenvalue weighted by Gasteiger charge is 2.63. The number of carbonyl (C=O) groups excluding carboxylic acids is 2. The van der Waals surface area contributed by atoms with Gasteiger partial charge in [0.1, 0.15) is 0 Å². The molecule has 2 atom stereocenters. The lowest BCUT2D eigenvalue weighted by atomic mass is 9.57. The molecular formula is C24H21NO2. The lowest BCUT2D eigenvalue weighted by Crippen LogP contribution is -2.42. The van der Waals surface area contributed by atoms with E-state index in [1.807, 2.05) is 61.5 Å². The van der Waals surface area contributed by atoms with Crippen molar-refractivity contribution in [3.8, 4) is 0 Å². The minimum absolute atomic E-state index is 0.0140. The number of carbonyl (C=O) groups is 2. The maximum Gasteiger partial charge on any atom is 0.244 e. The molecule has 1 aliphatic heterocycles. The molecule has 2 bridgehead atoms. The molecule has 3 aliphatic carbocycles. The van der Waals surface area contributed by atoms with Crippen LogP contribution < -0.4 is 0 Å². The van der Waals surface area contributed by atoms with Crippen molar-refractivity contribution in [1.82, 2.24) is 4.90 Å². The van der Waals surface area contributed by atoms with E-state index < -0.39 is 5.41 Å². The summed E-state index contributed by atoms with van der Waals surface area (Å²) in [4.78, 5) is 28.3. The summed E-state index contributed by atoms with van der Waals surface area (Å²) < 4.78 is 0. The highest BCUT2D eigenvalue weighted by molar-refractivity contribution is 6.10. The first-order valence-corrected chi connectivity index (χ1v) is 9.45. The average Bonchev–Trinajstić information content (AvgIpc) is 2.91. The summed E-state index contributed by atoms with van der Waals surface area (Å²) in [6.07, 6.45) is 8.15. The quantitative estimate of drug-likeness (QED) is 0.616. The van der Waals surface area contributed by atoms with E-state index in [4.69, 9.17) is 0 Å². The minimum Gasteiger partial charge on any atom is -0.277 e. The highest BCUT2D eigenvalue weighted by atomic mass is 16.2. The van der Waals surface area contributed by atoms with Gasteiger partial charge in [-0.05, 0) is 18.1 Å². The molecule has 2 aromatic rings. The van der Waals surface area contributed by atoms with Crippen LogP contribution in [0.25, 0.3) is 0 Å². The molecule has 0 aromatic heterocycles. The standard InChI is InChI=1S/C24H21NO2/c1-16-6-5-7-17(14-16)15-25-22(26)21-20(18-8-3-2-4-9-18)19-10-12-24(21,13-11-19)23(25)27/h2-14,19-21H,15H2,1H3/t19?,20-,21-,24?/m1/s1. The van der Waals surface area contributed by atoms with Crippen molar-refractivity contribution >= 4 is 11.8 Å². The molecule has 27 heavy (non-hydrogen) atoms. The first-order chi connectivity index (χ1) is 13.1. The number of benzene rings is 2. The summed E-state index contributed by atoms with van der Waals surface area (Å²) in [6.45, 7) is 2.36. The summed E-state index contributed by atoms with van der Waals surface area (Å²) in [7, 11) is 0. The van der Waals surface area contributed by atoms with Gasteiger partial charge in [-0.1, -0.05) is 84.5 Å². The second-order valence-electron chi connectivity index (χ2n) is 7.86. The maximum atomic E-state index is 13.4. The molecule has 3 heteroatoms. The van der Waals surface area contributed by atoms with Crippen LogP contribution in [0.3, 0.4) is 0 Å². The largest absolute Gasteiger partial charge is 0.277 e. The fourth-order valence-electron chi connectivity index (χ4n) is 4.99. The lowest BCUT2D eigenvalue weighted by molar-refractivity contribution is -0.141. The Labute approximate surface area is 159 Å². The van der Waals surface area contributed by atoms with Crippen LogP contribution in [0.2, 0.25) is 0 Å². The second kappa shape index (κ2) is 5.78. The molecule has 1 fully saturated rings. The molecule has 6 rings (SSSR count). The summed E-state index contributed by atoms with van der Waals surface area (Å²) in [5.41, 5.74) is 2.43. The maximum absolute atomic E-state index is 13.4. The summed E-state index contributed by atoms with van der Waals surface area (Å²) >= 11 is 0. The molecule has 2 aromatic carbocycles. The van der Waals surface area contributed by atoms with Gasteiger partial charge in [-0.2, -0.15) is 0 Å². The van der Waals surface area contributed by atoms with Crippen molar-refractivity contribution in [2.24, 2.45) is 17.3 Å². The lowest BCUT2D eigenvalue weighted by Gasteiger charge is -2.42. The molecule has 1 spiro atoms. The molecule has 2 amide bonds. The summed E-state index contributed by atoms with van der Waals surface area (Å²) in [5, 5.41) is 0. The van der Waals surface area contributed by atoms with Gasteiger partial charge in [0.15, 0.2) is 0 Å². The van der Waals surface area contributed by atoms with Crippen LogP contribution in [0.1, 0.15) is 22.6 Å². The minimum atomic E-state index is -0.823. The van der Waals surface area contributed by atoms with Gasteiger partial charge < -0.3 is 0 Å². The fourth-order valence-corrected chi connectivity index (χ4v) is 4.99. The number of likely N-dealkylation sites (tertiary alicyclic amines) is 1. The molecule has 0 N–H and O–H groups in total. The van der Waals surface area contributed by atoms with Gasteiger partial charge in [0, 0.05) is 11.8 Å². The number of allylic oxidation sites excluding steroid dienone is 2.